The average molecular weight is 332 g/mol. The Kier molecular flexibility index (Phi) is 4.09. The van der Waals surface area contributed by atoms with E-state index in [0.29, 0.717) is 23.0 Å². The van der Waals surface area contributed by atoms with Crippen molar-refractivity contribution >= 4 is 5.82 Å². The summed E-state index contributed by atoms with van der Waals surface area (Å²) in [6.45, 7) is 1.61. The third kappa shape index (κ3) is 3.06. The van der Waals surface area contributed by atoms with Crippen molar-refractivity contribution in [3.63, 3.8) is 0 Å². The van der Waals surface area contributed by atoms with E-state index < -0.39 is 0 Å². The van der Waals surface area contributed by atoms with E-state index in [4.69, 9.17) is 4.52 Å². The number of rotatable bonds is 3. The fourth-order valence-corrected chi connectivity index (χ4v) is 3.07. The van der Waals surface area contributed by atoms with Gasteiger partial charge in [-0.15, -0.1) is 0 Å². The van der Waals surface area contributed by atoms with Crippen LogP contribution in [0.4, 0.5) is 5.82 Å². The number of hydrogen-bond acceptors (Lipinski definition) is 7. The van der Waals surface area contributed by atoms with Crippen LogP contribution in [-0.2, 0) is 0 Å². The SMILES string of the molecule is N#Cc1cccnc1N1CCC(c2nc(-c3ccccn3)no2)CC1. The van der Waals surface area contributed by atoms with Crippen molar-refractivity contribution in [2.24, 2.45) is 0 Å². The molecule has 4 heterocycles. The molecule has 0 atom stereocenters. The second-order valence-electron chi connectivity index (χ2n) is 5.92. The Balaban J connectivity index is 1.46. The zero-order valence-electron chi connectivity index (χ0n) is 13.5. The van der Waals surface area contributed by atoms with Gasteiger partial charge in [0.2, 0.25) is 11.7 Å². The first-order valence-electron chi connectivity index (χ1n) is 8.20. The van der Waals surface area contributed by atoms with Crippen LogP contribution in [0.25, 0.3) is 11.5 Å². The van der Waals surface area contributed by atoms with E-state index >= 15 is 0 Å². The van der Waals surface area contributed by atoms with Crippen molar-refractivity contribution in [1.29, 1.82) is 5.26 Å². The topological polar surface area (TPSA) is 91.7 Å². The Bertz CT molecular complexity index is 893. The van der Waals surface area contributed by atoms with Gasteiger partial charge in [-0.2, -0.15) is 10.2 Å². The summed E-state index contributed by atoms with van der Waals surface area (Å²) in [5.41, 5.74) is 1.32. The smallest absolute Gasteiger partial charge is 0.230 e. The van der Waals surface area contributed by atoms with E-state index in [0.717, 1.165) is 31.7 Å². The van der Waals surface area contributed by atoms with Crippen LogP contribution < -0.4 is 4.90 Å². The first kappa shape index (κ1) is 15.3. The van der Waals surface area contributed by atoms with Crippen LogP contribution in [-0.4, -0.2) is 33.2 Å². The monoisotopic (exact) mass is 332 g/mol. The molecule has 0 saturated carbocycles. The average Bonchev–Trinajstić information content (AvgIpc) is 3.19. The van der Waals surface area contributed by atoms with Gasteiger partial charge in [-0.3, -0.25) is 4.98 Å². The molecule has 0 bridgehead atoms. The highest BCUT2D eigenvalue weighted by atomic mass is 16.5. The van der Waals surface area contributed by atoms with Gasteiger partial charge in [0.25, 0.3) is 0 Å². The molecule has 25 heavy (non-hydrogen) atoms. The molecule has 1 fully saturated rings. The van der Waals surface area contributed by atoms with Crippen LogP contribution in [0.5, 0.6) is 0 Å². The van der Waals surface area contributed by atoms with Gasteiger partial charge in [-0.1, -0.05) is 11.2 Å². The fourth-order valence-electron chi connectivity index (χ4n) is 3.07. The third-order valence-electron chi connectivity index (χ3n) is 4.39. The van der Waals surface area contributed by atoms with Crippen molar-refractivity contribution in [1.82, 2.24) is 20.1 Å². The molecule has 1 aliphatic heterocycles. The van der Waals surface area contributed by atoms with Gasteiger partial charge in [-0.05, 0) is 37.1 Å². The summed E-state index contributed by atoms with van der Waals surface area (Å²) in [6.07, 6.45) is 5.19. The van der Waals surface area contributed by atoms with Gasteiger partial charge >= 0.3 is 0 Å². The molecule has 0 unspecified atom stereocenters. The number of nitrogens with zero attached hydrogens (tertiary/aromatic N) is 6. The number of aromatic nitrogens is 4. The van der Waals surface area contributed by atoms with Crippen molar-refractivity contribution in [3.8, 4) is 17.6 Å². The lowest BCUT2D eigenvalue weighted by atomic mass is 9.96. The Morgan fingerprint density at radius 3 is 2.68 bits per heavy atom. The van der Waals surface area contributed by atoms with Crippen molar-refractivity contribution in [2.75, 3.05) is 18.0 Å². The van der Waals surface area contributed by atoms with Gasteiger partial charge in [0, 0.05) is 31.4 Å². The summed E-state index contributed by atoms with van der Waals surface area (Å²) in [5, 5.41) is 13.3. The Labute approximate surface area is 145 Å². The van der Waals surface area contributed by atoms with Crippen LogP contribution in [0.2, 0.25) is 0 Å². The van der Waals surface area contributed by atoms with Gasteiger partial charge in [0.15, 0.2) is 0 Å². The van der Waals surface area contributed by atoms with Crippen LogP contribution in [0, 0.1) is 11.3 Å². The maximum atomic E-state index is 9.23. The molecule has 7 heteroatoms. The number of nitriles is 1. The number of hydrogen-bond donors (Lipinski definition) is 0. The van der Waals surface area contributed by atoms with E-state index in [1.54, 1.807) is 24.5 Å². The first-order chi connectivity index (χ1) is 12.3. The number of piperidine rings is 1. The number of pyridine rings is 2. The van der Waals surface area contributed by atoms with Crippen molar-refractivity contribution in [3.05, 3.63) is 54.2 Å². The minimum atomic E-state index is 0.218. The molecule has 0 aromatic carbocycles. The van der Waals surface area contributed by atoms with Crippen LogP contribution in [0.15, 0.2) is 47.2 Å². The summed E-state index contributed by atoms with van der Waals surface area (Å²) in [7, 11) is 0. The zero-order chi connectivity index (χ0) is 17.1. The highest BCUT2D eigenvalue weighted by Crippen LogP contribution is 2.30. The van der Waals surface area contributed by atoms with E-state index in [1.807, 2.05) is 18.2 Å². The fraction of sp³-hybridized carbons (Fsp3) is 0.278. The molecule has 7 nitrogen and oxygen atoms in total. The summed E-state index contributed by atoms with van der Waals surface area (Å²) >= 11 is 0. The summed E-state index contributed by atoms with van der Waals surface area (Å²) in [6, 6.07) is 11.4. The summed E-state index contributed by atoms with van der Waals surface area (Å²) < 4.78 is 5.46. The minimum Gasteiger partial charge on any atom is -0.355 e. The van der Waals surface area contributed by atoms with E-state index in [2.05, 4.69) is 31.1 Å². The lowest BCUT2D eigenvalue weighted by molar-refractivity contribution is 0.329. The molecule has 1 saturated heterocycles. The molecule has 124 valence electrons. The summed E-state index contributed by atoms with van der Waals surface area (Å²) in [4.78, 5) is 15.3. The number of anilines is 1. The molecule has 3 aromatic heterocycles. The molecule has 0 aliphatic carbocycles. The van der Waals surface area contributed by atoms with E-state index in [-0.39, 0.29) is 5.92 Å². The van der Waals surface area contributed by atoms with Gasteiger partial charge in [0.05, 0.1) is 5.56 Å². The van der Waals surface area contributed by atoms with Crippen LogP contribution >= 0.6 is 0 Å². The Morgan fingerprint density at radius 1 is 1.08 bits per heavy atom. The molecule has 0 spiro atoms. The third-order valence-corrected chi connectivity index (χ3v) is 4.39. The Morgan fingerprint density at radius 2 is 1.92 bits per heavy atom. The molecule has 1 aliphatic rings. The molecule has 4 rings (SSSR count). The highest BCUT2D eigenvalue weighted by molar-refractivity contribution is 5.53. The predicted octanol–water partition coefficient (Wildman–Crippen LogP) is 2.78. The van der Waals surface area contributed by atoms with Gasteiger partial charge in [-0.25, -0.2) is 4.98 Å². The summed E-state index contributed by atoms with van der Waals surface area (Å²) in [5.74, 6) is 2.15. The predicted molar refractivity (Wildman–Crippen MR) is 90.7 cm³/mol. The van der Waals surface area contributed by atoms with Gasteiger partial charge in [0.1, 0.15) is 17.6 Å². The standard InChI is InChI=1S/C18H16N6O/c19-12-14-4-3-9-21-17(14)24-10-6-13(7-11-24)18-22-16(23-25-18)15-5-1-2-8-20-15/h1-5,8-9,13H,6-7,10-11H2. The molecule has 3 aromatic rings. The maximum absolute atomic E-state index is 9.23. The molecular weight excluding hydrogens is 316 g/mol. The quantitative estimate of drug-likeness (QED) is 0.728. The minimum absolute atomic E-state index is 0.218. The molecule has 0 N–H and O–H groups in total. The van der Waals surface area contributed by atoms with E-state index in [1.165, 1.54) is 0 Å². The highest BCUT2D eigenvalue weighted by Gasteiger charge is 2.27. The zero-order valence-corrected chi connectivity index (χ0v) is 13.5. The lowest BCUT2D eigenvalue weighted by Crippen LogP contribution is -2.34. The largest absolute Gasteiger partial charge is 0.355 e. The van der Waals surface area contributed by atoms with Crippen molar-refractivity contribution in [2.45, 2.75) is 18.8 Å². The second kappa shape index (κ2) is 6.69. The van der Waals surface area contributed by atoms with E-state index in [9.17, 15) is 5.26 Å². The molecule has 0 amide bonds. The van der Waals surface area contributed by atoms with Crippen LogP contribution in [0.3, 0.4) is 0 Å². The Hall–Kier alpha value is -3.27. The van der Waals surface area contributed by atoms with Crippen molar-refractivity contribution < 1.29 is 4.52 Å². The van der Waals surface area contributed by atoms with Crippen LogP contribution in [0.1, 0.15) is 30.2 Å². The lowest BCUT2D eigenvalue weighted by Gasteiger charge is -2.31. The molecule has 0 radical (unpaired) electrons. The van der Waals surface area contributed by atoms with Gasteiger partial charge < -0.3 is 9.42 Å². The normalized spacial score (nSPS) is 15.1. The first-order valence-corrected chi connectivity index (χ1v) is 8.20. The molecular formula is C18H16N6O. The second-order valence-corrected chi connectivity index (χ2v) is 5.92. The maximum Gasteiger partial charge on any atom is 0.230 e.